The first-order valence-corrected chi connectivity index (χ1v) is 9.25. The molecule has 2 aliphatic carbocycles. The molecule has 1 amide bonds. The number of amides is 1. The van der Waals surface area contributed by atoms with Crippen molar-refractivity contribution < 1.29 is 18.7 Å². The zero-order valence-corrected chi connectivity index (χ0v) is 16.1. The predicted octanol–water partition coefficient (Wildman–Crippen LogP) is 2.46. The Morgan fingerprint density at radius 3 is 2.52 bits per heavy atom. The summed E-state index contributed by atoms with van der Waals surface area (Å²) in [6, 6.07) is 4.92. The number of allylic oxidation sites excluding steroid dienone is 1. The molecular formula is C20H22FN5O3. The summed E-state index contributed by atoms with van der Waals surface area (Å²) in [6.45, 7) is 0. The van der Waals surface area contributed by atoms with Gasteiger partial charge in [0.1, 0.15) is 11.5 Å². The van der Waals surface area contributed by atoms with Gasteiger partial charge in [0, 0.05) is 29.9 Å². The van der Waals surface area contributed by atoms with E-state index in [1.807, 2.05) is 12.2 Å². The molecule has 0 spiro atoms. The molecule has 1 aromatic heterocycles. The number of anilines is 3. The lowest BCUT2D eigenvalue weighted by Crippen LogP contribution is -2.41. The van der Waals surface area contributed by atoms with Crippen LogP contribution in [0.15, 0.2) is 36.5 Å². The monoisotopic (exact) mass is 399 g/mol. The molecule has 4 atom stereocenters. The molecule has 0 unspecified atom stereocenters. The van der Waals surface area contributed by atoms with E-state index < -0.39 is 17.6 Å². The van der Waals surface area contributed by atoms with Gasteiger partial charge in [-0.15, -0.1) is 0 Å². The quantitative estimate of drug-likeness (QED) is 0.613. The Hall–Kier alpha value is -3.36. The number of hydrogen-bond donors (Lipinski definition) is 3. The summed E-state index contributed by atoms with van der Waals surface area (Å²) in [4.78, 5) is 20.1. The van der Waals surface area contributed by atoms with Gasteiger partial charge >= 0.3 is 0 Å². The molecule has 4 N–H and O–H groups in total. The Morgan fingerprint density at radius 2 is 1.86 bits per heavy atom. The first-order valence-electron chi connectivity index (χ1n) is 9.25. The average Bonchev–Trinajstić information content (AvgIpc) is 3.31. The Kier molecular flexibility index (Phi) is 4.96. The van der Waals surface area contributed by atoms with Crippen molar-refractivity contribution in [2.24, 2.45) is 23.5 Å². The second kappa shape index (κ2) is 7.57. The summed E-state index contributed by atoms with van der Waals surface area (Å²) in [5.41, 5.74) is 6.20. The highest BCUT2D eigenvalue weighted by Crippen LogP contribution is 2.44. The number of primary amides is 1. The van der Waals surface area contributed by atoms with E-state index in [1.165, 1.54) is 0 Å². The Bertz CT molecular complexity index is 945. The minimum Gasteiger partial charge on any atom is -0.497 e. The van der Waals surface area contributed by atoms with Crippen LogP contribution in [-0.2, 0) is 4.79 Å². The highest BCUT2D eigenvalue weighted by atomic mass is 19.1. The largest absolute Gasteiger partial charge is 0.497 e. The van der Waals surface area contributed by atoms with Gasteiger partial charge in [-0.1, -0.05) is 12.2 Å². The lowest BCUT2D eigenvalue weighted by Gasteiger charge is -2.27. The van der Waals surface area contributed by atoms with Crippen LogP contribution in [0.4, 0.5) is 21.8 Å². The molecule has 2 aliphatic rings. The number of ether oxygens (including phenoxy) is 2. The first-order chi connectivity index (χ1) is 14.0. The van der Waals surface area contributed by atoms with Gasteiger partial charge < -0.3 is 25.8 Å². The van der Waals surface area contributed by atoms with Crippen LogP contribution in [0.2, 0.25) is 0 Å². The molecule has 4 rings (SSSR count). The number of hydrogen-bond acceptors (Lipinski definition) is 7. The molecule has 29 heavy (non-hydrogen) atoms. The lowest BCUT2D eigenvalue weighted by atomic mass is 9.88. The van der Waals surface area contributed by atoms with E-state index in [2.05, 4.69) is 20.6 Å². The van der Waals surface area contributed by atoms with Gasteiger partial charge in [0.15, 0.2) is 11.6 Å². The third-order valence-electron chi connectivity index (χ3n) is 5.44. The van der Waals surface area contributed by atoms with Crippen molar-refractivity contribution in [2.45, 2.75) is 12.5 Å². The van der Waals surface area contributed by atoms with Crippen molar-refractivity contribution in [3.05, 3.63) is 42.4 Å². The van der Waals surface area contributed by atoms with Crippen LogP contribution in [0.1, 0.15) is 6.42 Å². The molecule has 8 nitrogen and oxygen atoms in total. The number of rotatable bonds is 7. The van der Waals surface area contributed by atoms with E-state index in [-0.39, 0.29) is 29.6 Å². The van der Waals surface area contributed by atoms with Crippen LogP contribution in [0.3, 0.4) is 0 Å². The van der Waals surface area contributed by atoms with Crippen molar-refractivity contribution in [1.82, 2.24) is 9.97 Å². The number of nitrogens with two attached hydrogens (primary N) is 1. The molecule has 152 valence electrons. The number of aromatic nitrogens is 2. The van der Waals surface area contributed by atoms with Gasteiger partial charge in [0.05, 0.1) is 26.3 Å². The normalized spacial score (nSPS) is 24.4. The predicted molar refractivity (Wildman–Crippen MR) is 106 cm³/mol. The Labute approximate surface area is 167 Å². The summed E-state index contributed by atoms with van der Waals surface area (Å²) >= 11 is 0. The van der Waals surface area contributed by atoms with Gasteiger partial charge in [0.25, 0.3) is 0 Å². The molecule has 0 saturated heterocycles. The van der Waals surface area contributed by atoms with Crippen LogP contribution in [-0.4, -0.2) is 36.1 Å². The Morgan fingerprint density at radius 1 is 1.17 bits per heavy atom. The molecule has 2 aromatic rings. The fourth-order valence-electron chi connectivity index (χ4n) is 4.10. The molecular weight excluding hydrogens is 377 g/mol. The average molecular weight is 399 g/mol. The molecule has 0 radical (unpaired) electrons. The number of carbonyl (C=O) groups is 1. The second-order valence-corrected chi connectivity index (χ2v) is 7.16. The van der Waals surface area contributed by atoms with Crippen molar-refractivity contribution >= 4 is 23.4 Å². The number of methoxy groups -OCH3 is 2. The van der Waals surface area contributed by atoms with Crippen molar-refractivity contribution in [3.63, 3.8) is 0 Å². The topological polar surface area (TPSA) is 111 Å². The van der Waals surface area contributed by atoms with E-state index >= 15 is 0 Å². The summed E-state index contributed by atoms with van der Waals surface area (Å²) in [7, 11) is 3.10. The summed E-state index contributed by atoms with van der Waals surface area (Å²) in [5.74, 6) is 0.208. The van der Waals surface area contributed by atoms with Gasteiger partial charge in [-0.2, -0.15) is 4.98 Å². The maximum Gasteiger partial charge on any atom is 0.229 e. The highest BCUT2D eigenvalue weighted by molar-refractivity contribution is 5.79. The zero-order chi connectivity index (χ0) is 20.5. The number of halogens is 1. The third kappa shape index (κ3) is 3.67. The fraction of sp³-hybridized carbons (Fsp3) is 0.350. The maximum atomic E-state index is 14.4. The number of carbonyl (C=O) groups excluding carboxylic acids is 1. The van der Waals surface area contributed by atoms with E-state index in [0.717, 1.165) is 12.6 Å². The first kappa shape index (κ1) is 19.0. The van der Waals surface area contributed by atoms with E-state index in [9.17, 15) is 9.18 Å². The van der Waals surface area contributed by atoms with Gasteiger partial charge in [-0.25, -0.2) is 9.37 Å². The Balaban J connectivity index is 1.57. The third-order valence-corrected chi connectivity index (χ3v) is 5.44. The summed E-state index contributed by atoms with van der Waals surface area (Å²) in [5, 5.41) is 6.10. The van der Waals surface area contributed by atoms with Gasteiger partial charge in [-0.3, -0.25) is 4.79 Å². The SMILES string of the molecule is COc1cc(Nc2ncc(F)c(N[C@H]3[C@@H](C(N)=O)[C@@H]4C=C[C@H]3C4)n2)cc(OC)c1. The molecule has 9 heteroatoms. The fourth-order valence-corrected chi connectivity index (χ4v) is 4.10. The van der Waals surface area contributed by atoms with Crippen molar-refractivity contribution in [2.75, 3.05) is 24.9 Å². The molecule has 0 aliphatic heterocycles. The van der Waals surface area contributed by atoms with Gasteiger partial charge in [0.2, 0.25) is 11.9 Å². The van der Waals surface area contributed by atoms with Gasteiger partial charge in [-0.05, 0) is 18.3 Å². The minimum atomic E-state index is -0.603. The summed E-state index contributed by atoms with van der Waals surface area (Å²) < 4.78 is 24.9. The van der Waals surface area contributed by atoms with Crippen molar-refractivity contribution in [3.8, 4) is 11.5 Å². The van der Waals surface area contributed by atoms with Crippen LogP contribution in [0.25, 0.3) is 0 Å². The smallest absolute Gasteiger partial charge is 0.229 e. The molecule has 1 fully saturated rings. The van der Waals surface area contributed by atoms with E-state index in [1.54, 1.807) is 32.4 Å². The number of nitrogens with one attached hydrogen (secondary N) is 2. The molecule has 2 bridgehead atoms. The van der Waals surface area contributed by atoms with Crippen LogP contribution in [0, 0.1) is 23.6 Å². The lowest BCUT2D eigenvalue weighted by molar-refractivity contribution is -0.122. The van der Waals surface area contributed by atoms with Crippen LogP contribution >= 0.6 is 0 Å². The number of fused-ring (bicyclic) bond motifs is 2. The summed E-state index contributed by atoms with van der Waals surface area (Å²) in [6.07, 6.45) is 5.96. The number of benzene rings is 1. The minimum absolute atomic E-state index is 0.0227. The maximum absolute atomic E-state index is 14.4. The highest BCUT2D eigenvalue weighted by Gasteiger charge is 2.47. The van der Waals surface area contributed by atoms with E-state index in [4.69, 9.17) is 15.2 Å². The second-order valence-electron chi connectivity index (χ2n) is 7.16. The van der Waals surface area contributed by atoms with E-state index in [0.29, 0.717) is 17.2 Å². The zero-order valence-electron chi connectivity index (χ0n) is 16.1. The van der Waals surface area contributed by atoms with Crippen molar-refractivity contribution in [1.29, 1.82) is 0 Å². The van der Waals surface area contributed by atoms with Crippen LogP contribution < -0.4 is 25.8 Å². The standard InChI is InChI=1S/C20H22FN5O3/c1-28-13-6-12(7-14(8-13)29-2)24-20-23-9-15(21)19(26-20)25-17-11-4-3-10(5-11)16(17)18(22)27/h3-4,6-11,16-17H,5H2,1-2H3,(H2,22,27)(H2,23,24,25,26)/t10-,11+,16+,17-/m1/s1. The number of nitrogens with zero attached hydrogens (tertiary/aromatic N) is 2. The molecule has 1 aromatic carbocycles. The van der Waals surface area contributed by atoms with Crippen LogP contribution in [0.5, 0.6) is 11.5 Å². The molecule has 1 heterocycles. The molecule has 1 saturated carbocycles.